The molecule has 132 valence electrons. The van der Waals surface area contributed by atoms with E-state index in [9.17, 15) is 9.59 Å². The normalized spacial score (nSPS) is 21.9. The van der Waals surface area contributed by atoms with Crippen LogP contribution in [0.4, 0.5) is 5.13 Å². The topological polar surface area (TPSA) is 83.4 Å². The minimum absolute atomic E-state index is 0.100. The van der Waals surface area contributed by atoms with E-state index in [0.29, 0.717) is 15.2 Å². The van der Waals surface area contributed by atoms with Gasteiger partial charge in [0.1, 0.15) is 0 Å². The van der Waals surface area contributed by atoms with E-state index >= 15 is 0 Å². The summed E-state index contributed by atoms with van der Waals surface area (Å²) < 4.78 is 0. The maximum atomic E-state index is 12.2. The molecule has 2 N–H and O–H groups in total. The summed E-state index contributed by atoms with van der Waals surface area (Å²) in [5.41, 5.74) is 2.58. The minimum atomic E-state index is -0.169. The maximum Gasteiger partial charge on any atom is 0.264 e. The molecular weight excluding hydrogens is 368 g/mol. The van der Waals surface area contributed by atoms with Crippen LogP contribution in [0.5, 0.6) is 0 Å². The molecule has 0 saturated carbocycles. The lowest BCUT2D eigenvalue weighted by Crippen LogP contribution is -2.20. The van der Waals surface area contributed by atoms with Crippen LogP contribution in [0.15, 0.2) is 40.4 Å². The molecule has 0 bridgehead atoms. The number of nitrogens with one attached hydrogen (secondary N) is 2. The SMILES string of the molecule is CC(=O)Nc1ncc(C=C2SC(=NC3CCc4ccccc43)NC2=O)s1. The van der Waals surface area contributed by atoms with Crippen molar-refractivity contribution in [3.63, 3.8) is 0 Å². The Kier molecular flexibility index (Phi) is 4.60. The van der Waals surface area contributed by atoms with Crippen molar-refractivity contribution < 1.29 is 9.59 Å². The van der Waals surface area contributed by atoms with Crippen molar-refractivity contribution in [2.75, 3.05) is 5.32 Å². The molecule has 1 aromatic heterocycles. The highest BCUT2D eigenvalue weighted by Gasteiger charge is 2.27. The summed E-state index contributed by atoms with van der Waals surface area (Å²) in [7, 11) is 0. The number of thioether (sulfide) groups is 1. The average molecular weight is 384 g/mol. The number of amides is 2. The quantitative estimate of drug-likeness (QED) is 0.795. The van der Waals surface area contributed by atoms with E-state index in [4.69, 9.17) is 4.99 Å². The van der Waals surface area contributed by atoms with Gasteiger partial charge in [0, 0.05) is 13.1 Å². The Morgan fingerprint density at radius 2 is 2.27 bits per heavy atom. The summed E-state index contributed by atoms with van der Waals surface area (Å²) in [4.78, 5) is 33.5. The number of rotatable bonds is 3. The van der Waals surface area contributed by atoms with Gasteiger partial charge in [0.05, 0.1) is 15.8 Å². The van der Waals surface area contributed by atoms with E-state index in [2.05, 4.69) is 27.8 Å². The lowest BCUT2D eigenvalue weighted by Gasteiger charge is -2.06. The smallest absolute Gasteiger partial charge is 0.264 e. The second kappa shape index (κ2) is 7.05. The summed E-state index contributed by atoms with van der Waals surface area (Å²) in [6.45, 7) is 1.43. The predicted molar refractivity (Wildman–Crippen MR) is 105 cm³/mol. The standard InChI is InChI=1S/C18H16N4O2S2/c1-10(23)20-17-19-9-12(25-17)8-15-16(24)22-18(26-15)21-14-7-6-11-4-2-3-5-13(11)14/h2-5,8-9,14H,6-7H2,1H3,(H,19,20,23)(H,21,22,24). The fourth-order valence-corrected chi connectivity index (χ4v) is 4.73. The number of aryl methyl sites for hydroxylation is 1. The van der Waals surface area contributed by atoms with E-state index in [1.54, 1.807) is 12.3 Å². The number of amidine groups is 1. The molecular formula is C18H16N4O2S2. The Hall–Kier alpha value is -2.45. The van der Waals surface area contributed by atoms with E-state index in [1.165, 1.54) is 41.1 Å². The molecule has 1 fully saturated rings. The number of anilines is 1. The van der Waals surface area contributed by atoms with Crippen LogP contribution in [0.25, 0.3) is 6.08 Å². The number of carbonyl (C=O) groups excluding carboxylic acids is 2. The van der Waals surface area contributed by atoms with Gasteiger partial charge in [-0.3, -0.25) is 14.6 Å². The molecule has 2 aromatic rings. The molecule has 6 nitrogen and oxygen atoms in total. The summed E-state index contributed by atoms with van der Waals surface area (Å²) in [6.07, 6.45) is 5.40. The molecule has 4 rings (SSSR count). The van der Waals surface area contributed by atoms with E-state index in [-0.39, 0.29) is 17.9 Å². The molecule has 26 heavy (non-hydrogen) atoms. The zero-order valence-corrected chi connectivity index (χ0v) is 15.6. The third-order valence-electron chi connectivity index (χ3n) is 4.11. The number of hydrogen-bond donors (Lipinski definition) is 2. The third-order valence-corrected chi connectivity index (χ3v) is 5.89. The minimum Gasteiger partial charge on any atom is -0.302 e. The van der Waals surface area contributed by atoms with Crippen molar-refractivity contribution in [3.8, 4) is 0 Å². The van der Waals surface area contributed by atoms with Gasteiger partial charge >= 0.3 is 0 Å². The molecule has 1 aromatic carbocycles. The van der Waals surface area contributed by atoms with Gasteiger partial charge in [0.25, 0.3) is 5.91 Å². The molecule has 2 aliphatic rings. The molecule has 2 heterocycles. The number of carbonyl (C=O) groups is 2. The highest BCUT2D eigenvalue weighted by atomic mass is 32.2. The average Bonchev–Trinajstić information content (AvgIpc) is 3.29. The summed E-state index contributed by atoms with van der Waals surface area (Å²) in [6, 6.07) is 8.42. The first kappa shape index (κ1) is 17.0. The molecule has 0 radical (unpaired) electrons. The van der Waals surface area contributed by atoms with E-state index in [1.807, 2.05) is 12.1 Å². The zero-order valence-electron chi connectivity index (χ0n) is 14.0. The lowest BCUT2D eigenvalue weighted by molar-refractivity contribution is -0.115. The van der Waals surface area contributed by atoms with Crippen molar-refractivity contribution in [2.45, 2.75) is 25.8 Å². The summed E-state index contributed by atoms with van der Waals surface area (Å²) in [5, 5.41) is 6.63. The van der Waals surface area contributed by atoms with Gasteiger partial charge in [0.15, 0.2) is 10.3 Å². The van der Waals surface area contributed by atoms with Crippen molar-refractivity contribution in [1.29, 1.82) is 0 Å². The van der Waals surface area contributed by atoms with Gasteiger partial charge in [-0.25, -0.2) is 4.98 Å². The molecule has 1 atom stereocenters. The van der Waals surface area contributed by atoms with Gasteiger partial charge in [-0.05, 0) is 41.8 Å². The van der Waals surface area contributed by atoms with Crippen LogP contribution in [0.3, 0.4) is 0 Å². The molecule has 1 aliphatic carbocycles. The highest BCUT2D eigenvalue weighted by molar-refractivity contribution is 8.18. The molecule has 8 heteroatoms. The first-order valence-electron chi connectivity index (χ1n) is 8.18. The van der Waals surface area contributed by atoms with Gasteiger partial charge < -0.3 is 10.6 Å². The van der Waals surface area contributed by atoms with Crippen molar-refractivity contribution in [2.24, 2.45) is 4.99 Å². The fraction of sp³-hybridized carbons (Fsp3) is 0.222. The summed E-state index contributed by atoms with van der Waals surface area (Å²) >= 11 is 2.66. The van der Waals surface area contributed by atoms with Gasteiger partial charge in [-0.2, -0.15) is 0 Å². The fourth-order valence-electron chi connectivity index (χ4n) is 2.99. The number of aliphatic imine (C=N–C) groups is 1. The van der Waals surface area contributed by atoms with Gasteiger partial charge in [-0.15, -0.1) is 0 Å². The molecule has 1 saturated heterocycles. The zero-order chi connectivity index (χ0) is 18.1. The van der Waals surface area contributed by atoms with Crippen LogP contribution in [0, 0.1) is 0 Å². The Morgan fingerprint density at radius 1 is 1.42 bits per heavy atom. The molecule has 2 amide bonds. The van der Waals surface area contributed by atoms with Gasteiger partial charge in [-0.1, -0.05) is 35.6 Å². The number of benzene rings is 1. The number of hydrogen-bond acceptors (Lipinski definition) is 6. The first-order valence-corrected chi connectivity index (χ1v) is 9.82. The number of aromatic nitrogens is 1. The van der Waals surface area contributed by atoms with Crippen molar-refractivity contribution in [3.05, 3.63) is 51.4 Å². The highest BCUT2D eigenvalue weighted by Crippen LogP contribution is 2.36. The van der Waals surface area contributed by atoms with E-state index in [0.717, 1.165) is 17.7 Å². The number of nitrogens with zero attached hydrogens (tertiary/aromatic N) is 2. The van der Waals surface area contributed by atoms with Crippen molar-refractivity contribution >= 4 is 51.3 Å². The summed E-state index contributed by atoms with van der Waals surface area (Å²) in [5.74, 6) is -0.327. The predicted octanol–water partition coefficient (Wildman–Crippen LogP) is 3.35. The van der Waals surface area contributed by atoms with Crippen LogP contribution in [-0.2, 0) is 16.0 Å². The third kappa shape index (κ3) is 3.56. The monoisotopic (exact) mass is 384 g/mol. The number of thiazole rings is 1. The Bertz CT molecular complexity index is 948. The second-order valence-electron chi connectivity index (χ2n) is 6.00. The van der Waals surface area contributed by atoms with Gasteiger partial charge in [0.2, 0.25) is 5.91 Å². The molecule has 1 unspecified atom stereocenters. The maximum absolute atomic E-state index is 12.2. The van der Waals surface area contributed by atoms with Crippen LogP contribution >= 0.6 is 23.1 Å². The molecule has 1 aliphatic heterocycles. The Morgan fingerprint density at radius 3 is 3.12 bits per heavy atom. The second-order valence-corrected chi connectivity index (χ2v) is 8.09. The van der Waals surface area contributed by atoms with Crippen molar-refractivity contribution in [1.82, 2.24) is 10.3 Å². The number of fused-ring (bicyclic) bond motifs is 1. The van der Waals surface area contributed by atoms with Crippen LogP contribution in [-0.4, -0.2) is 22.0 Å². The lowest BCUT2D eigenvalue weighted by atomic mass is 10.1. The Balaban J connectivity index is 1.50. The van der Waals surface area contributed by atoms with Crippen LogP contribution < -0.4 is 10.6 Å². The Labute approximate surface area is 158 Å². The van der Waals surface area contributed by atoms with E-state index < -0.39 is 0 Å². The first-order chi connectivity index (χ1) is 12.6. The van der Waals surface area contributed by atoms with Crippen LogP contribution in [0.1, 0.15) is 35.4 Å². The largest absolute Gasteiger partial charge is 0.302 e. The molecule has 0 spiro atoms. The van der Waals surface area contributed by atoms with Crippen LogP contribution in [0.2, 0.25) is 0 Å².